The second kappa shape index (κ2) is 20.7. The molecule has 3 atom stereocenters. The maximum absolute atomic E-state index is 11.9. The number of hydrogen-bond donors (Lipinski definition) is 2. The quantitative estimate of drug-likeness (QED) is 0.0695. The van der Waals surface area contributed by atoms with Crippen LogP contribution in [0.25, 0.3) is 27.1 Å². The topological polar surface area (TPSA) is 80.6 Å². The zero-order valence-electron chi connectivity index (χ0n) is 38.4. The van der Waals surface area contributed by atoms with E-state index in [1.165, 1.54) is 21.9 Å². The highest BCUT2D eigenvalue weighted by Crippen LogP contribution is 2.50. The molecular formula is C59H56INO6. The third kappa shape index (κ3) is 9.89. The monoisotopic (exact) mass is 1000 g/mol. The standard InChI is InChI=1S/C59H56INO6/c1-38(2)64-31-32-65-48-27-22-45(23-28-48)61(55-18-10-14-43-12-6-8-16-51(43)55)46-24-30-49(39(3)35-46)57-40(4)58(59(57)63)53-29-21-44(37-56(53)62)54(52-17-9-13-42-11-5-7-15-50(42)52)36-41-19-25-47(26-20-41)66-33-34-67-60/h5-30,35,37-38,40,44,54,62-63H,31-34,36H2,1-4H3/b58-53-. The molecular weight excluding hydrogens is 946 g/mol. The van der Waals surface area contributed by atoms with Crippen molar-refractivity contribution in [2.45, 2.75) is 46.1 Å². The first-order valence-corrected chi connectivity index (χ1v) is 24.0. The van der Waals surface area contributed by atoms with E-state index in [0.717, 1.165) is 68.0 Å². The molecule has 340 valence electrons. The third-order valence-corrected chi connectivity index (χ3v) is 13.4. The molecule has 0 saturated carbocycles. The van der Waals surface area contributed by atoms with Gasteiger partial charge >= 0.3 is 0 Å². The molecule has 0 radical (unpaired) electrons. The van der Waals surface area contributed by atoms with Crippen LogP contribution in [0.1, 0.15) is 48.9 Å². The average molecular weight is 1000 g/mol. The predicted molar refractivity (Wildman–Crippen MR) is 281 cm³/mol. The molecule has 0 spiro atoms. The molecule has 0 aliphatic heterocycles. The fraction of sp³-hybridized carbons (Fsp3) is 0.220. The van der Waals surface area contributed by atoms with Crippen LogP contribution in [0.2, 0.25) is 0 Å². The summed E-state index contributed by atoms with van der Waals surface area (Å²) in [5.74, 6) is 1.82. The van der Waals surface area contributed by atoms with Crippen molar-refractivity contribution in [2.24, 2.45) is 11.8 Å². The molecule has 0 fully saturated rings. The van der Waals surface area contributed by atoms with Crippen molar-refractivity contribution in [3.8, 4) is 11.5 Å². The lowest BCUT2D eigenvalue weighted by Crippen LogP contribution is -2.23. The van der Waals surface area contributed by atoms with Crippen molar-refractivity contribution >= 4 is 67.2 Å². The molecule has 0 amide bonds. The lowest BCUT2D eigenvalue weighted by atomic mass is 9.70. The van der Waals surface area contributed by atoms with Crippen LogP contribution in [0.4, 0.5) is 17.1 Å². The summed E-state index contributed by atoms with van der Waals surface area (Å²) < 4.78 is 22.7. The minimum atomic E-state index is -0.109. The lowest BCUT2D eigenvalue weighted by molar-refractivity contribution is 0.0553. The van der Waals surface area contributed by atoms with Crippen LogP contribution in [0.5, 0.6) is 11.5 Å². The maximum atomic E-state index is 11.9. The van der Waals surface area contributed by atoms with Crippen LogP contribution in [0.3, 0.4) is 0 Å². The lowest BCUT2D eigenvalue weighted by Gasteiger charge is -2.35. The second-order valence-corrected chi connectivity index (χ2v) is 18.2. The number of allylic oxidation sites excluding steroid dienone is 5. The third-order valence-electron chi connectivity index (χ3n) is 12.9. The Kier molecular flexibility index (Phi) is 14.1. The molecule has 9 rings (SSSR count). The summed E-state index contributed by atoms with van der Waals surface area (Å²) in [4.78, 5) is 2.28. The summed E-state index contributed by atoms with van der Waals surface area (Å²) in [7, 11) is 0. The van der Waals surface area contributed by atoms with Crippen molar-refractivity contribution in [3.05, 3.63) is 215 Å². The SMILES string of the molecule is Cc1cc(N(c2ccc(OCCOC(C)C)cc2)c2cccc3ccccc23)ccc1C1=C(O)/C(=C2/C=CC(C(Cc3ccc(OCCOI)cc3)c3cccc4ccccc34)C=C2O)C1C. The van der Waals surface area contributed by atoms with Gasteiger partial charge in [0.2, 0.25) is 0 Å². The molecule has 67 heavy (non-hydrogen) atoms. The van der Waals surface area contributed by atoms with Gasteiger partial charge in [-0.3, -0.25) is 0 Å². The molecule has 0 bridgehead atoms. The minimum absolute atomic E-state index is 0.0317. The second-order valence-electron chi connectivity index (χ2n) is 17.6. The van der Waals surface area contributed by atoms with Crippen molar-refractivity contribution < 1.29 is 27.5 Å². The van der Waals surface area contributed by atoms with E-state index in [1.807, 2.05) is 73.3 Å². The molecule has 0 heterocycles. The van der Waals surface area contributed by atoms with E-state index in [4.69, 9.17) is 17.3 Å². The first kappa shape index (κ1) is 45.8. The number of aryl methyl sites for hydroxylation is 1. The number of anilines is 3. The molecule has 3 unspecified atom stereocenters. The number of rotatable bonds is 17. The largest absolute Gasteiger partial charge is 0.508 e. The molecule has 0 saturated heterocycles. The van der Waals surface area contributed by atoms with Crippen molar-refractivity contribution in [1.29, 1.82) is 0 Å². The van der Waals surface area contributed by atoms with Crippen LogP contribution in [-0.4, -0.2) is 42.7 Å². The first-order valence-electron chi connectivity index (χ1n) is 23.1. The molecule has 7 aromatic carbocycles. The summed E-state index contributed by atoms with van der Waals surface area (Å²) in [5.41, 5.74) is 9.75. The molecule has 7 nitrogen and oxygen atoms in total. The Morgan fingerprint density at radius 3 is 1.96 bits per heavy atom. The highest BCUT2D eigenvalue weighted by atomic mass is 127. The molecule has 8 heteroatoms. The van der Waals surface area contributed by atoms with E-state index in [0.29, 0.717) is 32.0 Å². The van der Waals surface area contributed by atoms with Gasteiger partial charge in [-0.05, 0) is 132 Å². The molecule has 2 aliphatic rings. The Balaban J connectivity index is 1.01. The Morgan fingerprint density at radius 2 is 1.28 bits per heavy atom. The first-order chi connectivity index (χ1) is 32.7. The molecule has 0 aromatic heterocycles. The van der Waals surface area contributed by atoms with Crippen molar-refractivity contribution in [2.75, 3.05) is 31.3 Å². The number of ether oxygens (including phenoxy) is 3. The van der Waals surface area contributed by atoms with E-state index in [9.17, 15) is 10.2 Å². The normalized spacial score (nSPS) is 17.4. The van der Waals surface area contributed by atoms with Crippen LogP contribution in [0, 0.1) is 18.8 Å². The molecule has 7 aromatic rings. The maximum Gasteiger partial charge on any atom is 0.124 e. The van der Waals surface area contributed by atoms with Gasteiger partial charge in [-0.1, -0.05) is 116 Å². The summed E-state index contributed by atoms with van der Waals surface area (Å²) in [6, 6.07) is 52.7. The predicted octanol–water partition coefficient (Wildman–Crippen LogP) is 15.2. The number of benzene rings is 7. The fourth-order valence-electron chi connectivity index (χ4n) is 9.69. The molecule has 2 N–H and O–H groups in total. The summed E-state index contributed by atoms with van der Waals surface area (Å²) in [5, 5.41) is 28.5. The van der Waals surface area contributed by atoms with Crippen LogP contribution < -0.4 is 14.4 Å². The number of nitrogens with zero attached hydrogens (tertiary/aromatic N) is 1. The molecule has 2 aliphatic carbocycles. The summed E-state index contributed by atoms with van der Waals surface area (Å²) in [6.45, 7) is 10.3. The van der Waals surface area contributed by atoms with Gasteiger partial charge < -0.3 is 32.4 Å². The zero-order valence-corrected chi connectivity index (χ0v) is 40.5. The Bertz CT molecular complexity index is 2990. The van der Waals surface area contributed by atoms with E-state index in [2.05, 4.69) is 152 Å². The Labute approximate surface area is 408 Å². The summed E-state index contributed by atoms with van der Waals surface area (Å²) >= 11 is 1.88. The Hall–Kier alpha value is -6.33. The van der Waals surface area contributed by atoms with Gasteiger partial charge in [-0.15, -0.1) is 0 Å². The summed E-state index contributed by atoms with van der Waals surface area (Å²) in [6.07, 6.45) is 7.08. The number of hydrogen-bond acceptors (Lipinski definition) is 7. The van der Waals surface area contributed by atoms with Crippen molar-refractivity contribution in [1.82, 2.24) is 0 Å². The number of aliphatic hydroxyl groups excluding tert-OH is 2. The van der Waals surface area contributed by atoms with Gasteiger partial charge in [0.1, 0.15) is 59.2 Å². The average Bonchev–Trinajstić information content (AvgIpc) is 3.34. The van der Waals surface area contributed by atoms with Crippen molar-refractivity contribution in [3.63, 3.8) is 0 Å². The van der Waals surface area contributed by atoms with E-state index >= 15 is 0 Å². The van der Waals surface area contributed by atoms with Gasteiger partial charge in [0.15, 0.2) is 0 Å². The number of aliphatic hydroxyl groups is 2. The van der Waals surface area contributed by atoms with Gasteiger partial charge in [0.25, 0.3) is 0 Å². The highest BCUT2D eigenvalue weighted by molar-refractivity contribution is 14.1. The van der Waals surface area contributed by atoms with E-state index < -0.39 is 0 Å². The van der Waals surface area contributed by atoms with Crippen LogP contribution in [0.15, 0.2) is 193 Å². The number of halogens is 1. The highest BCUT2D eigenvalue weighted by Gasteiger charge is 2.37. The van der Waals surface area contributed by atoms with Gasteiger partial charge in [0.05, 0.1) is 25.0 Å². The van der Waals surface area contributed by atoms with Crippen LogP contribution in [-0.2, 0) is 14.2 Å². The van der Waals surface area contributed by atoms with Gasteiger partial charge in [-0.25, -0.2) is 0 Å². The van der Waals surface area contributed by atoms with Gasteiger partial charge in [-0.2, -0.15) is 0 Å². The number of fused-ring (bicyclic) bond motifs is 2. The zero-order chi connectivity index (χ0) is 46.4. The van der Waals surface area contributed by atoms with Crippen LogP contribution >= 0.6 is 23.0 Å². The minimum Gasteiger partial charge on any atom is -0.508 e. The van der Waals surface area contributed by atoms with E-state index in [-0.39, 0.29) is 35.4 Å². The van der Waals surface area contributed by atoms with Gasteiger partial charge in [0, 0.05) is 45.3 Å². The Morgan fingerprint density at radius 1 is 0.657 bits per heavy atom. The van der Waals surface area contributed by atoms with E-state index in [1.54, 1.807) is 0 Å². The fourth-order valence-corrected chi connectivity index (χ4v) is 9.87. The smallest absolute Gasteiger partial charge is 0.124 e.